The largest absolute Gasteiger partial charge is 0.464 e. The van der Waals surface area contributed by atoms with Crippen molar-refractivity contribution in [2.45, 2.75) is 22.0 Å². The molecule has 0 aromatic carbocycles. The van der Waals surface area contributed by atoms with Crippen molar-refractivity contribution in [2.24, 2.45) is 0 Å². The van der Waals surface area contributed by atoms with Gasteiger partial charge in [0, 0.05) is 0 Å². The number of likely N-dealkylation sites (tertiary alicyclic amines) is 1. The van der Waals surface area contributed by atoms with E-state index in [9.17, 15) is 9.59 Å². The molecule has 0 aliphatic carbocycles. The van der Waals surface area contributed by atoms with E-state index < -0.39 is 9.20 Å². The van der Waals surface area contributed by atoms with Crippen LogP contribution in [0.3, 0.4) is 0 Å². The summed E-state index contributed by atoms with van der Waals surface area (Å²) in [4.78, 5) is 24.4. The van der Waals surface area contributed by atoms with Crippen LogP contribution < -0.4 is 0 Å². The van der Waals surface area contributed by atoms with Crippen molar-refractivity contribution in [1.82, 2.24) is 4.90 Å². The summed E-state index contributed by atoms with van der Waals surface area (Å²) in [5.74, 6) is -0.760. The van der Waals surface area contributed by atoms with Crippen LogP contribution in [0.15, 0.2) is 11.3 Å². The molecule has 0 saturated carbocycles. The van der Waals surface area contributed by atoms with E-state index in [1.54, 1.807) is 13.8 Å². The molecule has 1 aliphatic heterocycles. The van der Waals surface area contributed by atoms with Gasteiger partial charge < -0.3 is 4.74 Å². The molecule has 7 heteroatoms. The molecule has 1 rings (SSSR count). The van der Waals surface area contributed by atoms with E-state index in [-0.39, 0.29) is 16.6 Å². The van der Waals surface area contributed by atoms with Crippen LogP contribution in [0.25, 0.3) is 0 Å². The molecule has 4 nitrogen and oxygen atoms in total. The summed E-state index contributed by atoms with van der Waals surface area (Å²) >= 11 is 9.78. The van der Waals surface area contributed by atoms with Crippen molar-refractivity contribution in [3.05, 3.63) is 11.3 Å². The number of rotatable bonds is 2. The Morgan fingerprint density at radius 1 is 1.44 bits per heavy atom. The quantitative estimate of drug-likeness (QED) is 0.227. The Kier molecular flexibility index (Phi) is 4.23. The van der Waals surface area contributed by atoms with Gasteiger partial charge in [-0.2, -0.15) is 0 Å². The fourth-order valence-corrected chi connectivity index (χ4v) is 2.69. The van der Waals surface area contributed by atoms with Gasteiger partial charge in [0.1, 0.15) is 10.6 Å². The van der Waals surface area contributed by atoms with Crippen molar-refractivity contribution in [1.29, 1.82) is 0 Å². The third kappa shape index (κ3) is 2.09. The highest BCUT2D eigenvalue weighted by molar-refractivity contribution is 9.26. The molecule has 1 fully saturated rings. The third-order valence-corrected chi connectivity index (χ3v) is 5.99. The molecule has 1 atom stereocenters. The number of hydrogen-bond acceptors (Lipinski definition) is 3. The lowest BCUT2D eigenvalue weighted by molar-refractivity contribution is -0.147. The number of β-lactam (4-membered cyclic amide) rings is 1. The first-order valence-electron chi connectivity index (χ1n) is 4.36. The number of alkyl halides is 3. The maximum Gasteiger partial charge on any atom is 0.354 e. The lowest BCUT2D eigenvalue weighted by Crippen LogP contribution is -2.65. The zero-order valence-corrected chi connectivity index (χ0v) is 13.6. The van der Waals surface area contributed by atoms with Crippen molar-refractivity contribution < 1.29 is 14.3 Å². The number of methoxy groups -OCH3 is 1. The SMILES string of the molecule is COC(=O)C(=C(C)C)N1C(=O)C(Br)(Br)C1Br. The molecule has 0 bridgehead atoms. The van der Waals surface area contributed by atoms with E-state index in [1.165, 1.54) is 12.0 Å². The fraction of sp³-hybridized carbons (Fsp3) is 0.556. The Labute approximate surface area is 119 Å². The molecule has 0 spiro atoms. The number of carbonyl (C=O) groups excluding carboxylic acids is 2. The molecule has 1 aliphatic rings. The molecule has 1 amide bonds. The first kappa shape index (κ1) is 14.2. The zero-order chi connectivity index (χ0) is 12.7. The van der Waals surface area contributed by atoms with E-state index in [0.29, 0.717) is 0 Å². The van der Waals surface area contributed by atoms with Crippen molar-refractivity contribution in [3.63, 3.8) is 0 Å². The van der Waals surface area contributed by atoms with Gasteiger partial charge in [0.2, 0.25) is 0 Å². The van der Waals surface area contributed by atoms with Gasteiger partial charge >= 0.3 is 5.97 Å². The predicted molar refractivity (Wildman–Crippen MR) is 70.5 cm³/mol. The van der Waals surface area contributed by atoms with Crippen LogP contribution in [0.1, 0.15) is 13.8 Å². The highest BCUT2D eigenvalue weighted by atomic mass is 79.9. The number of nitrogens with zero attached hydrogens (tertiary/aromatic N) is 1. The Morgan fingerprint density at radius 3 is 2.25 bits per heavy atom. The third-order valence-electron chi connectivity index (χ3n) is 2.12. The van der Waals surface area contributed by atoms with Crippen molar-refractivity contribution in [3.8, 4) is 0 Å². The van der Waals surface area contributed by atoms with E-state index in [4.69, 9.17) is 0 Å². The van der Waals surface area contributed by atoms with E-state index in [1.807, 2.05) is 0 Å². The smallest absolute Gasteiger partial charge is 0.354 e. The van der Waals surface area contributed by atoms with Crippen LogP contribution >= 0.6 is 47.8 Å². The minimum Gasteiger partial charge on any atom is -0.464 e. The minimum absolute atomic E-state index is 0.240. The topological polar surface area (TPSA) is 46.6 Å². The number of esters is 1. The van der Waals surface area contributed by atoms with Gasteiger partial charge in [-0.15, -0.1) is 0 Å². The molecule has 1 saturated heterocycles. The zero-order valence-electron chi connectivity index (χ0n) is 8.88. The summed E-state index contributed by atoms with van der Waals surface area (Å²) in [5, 5.41) is 0. The Morgan fingerprint density at radius 2 is 1.94 bits per heavy atom. The lowest BCUT2D eigenvalue weighted by Gasteiger charge is -2.47. The molecule has 0 aromatic rings. The Balaban J connectivity index is 3.07. The van der Waals surface area contributed by atoms with Crippen LogP contribution in [0.5, 0.6) is 0 Å². The van der Waals surface area contributed by atoms with Crippen molar-refractivity contribution >= 4 is 59.7 Å². The Bertz CT molecular complexity index is 374. The van der Waals surface area contributed by atoms with Gasteiger partial charge in [-0.3, -0.25) is 9.69 Å². The number of ether oxygens (including phenoxy) is 1. The van der Waals surface area contributed by atoms with Crippen LogP contribution in [0.2, 0.25) is 0 Å². The number of amides is 1. The monoisotopic (exact) mass is 417 g/mol. The van der Waals surface area contributed by atoms with Crippen LogP contribution in [-0.4, -0.2) is 32.1 Å². The second-order valence-corrected chi connectivity index (χ2v) is 7.91. The van der Waals surface area contributed by atoms with Crippen LogP contribution in [-0.2, 0) is 14.3 Å². The second-order valence-electron chi connectivity index (χ2n) is 3.47. The van der Waals surface area contributed by atoms with Crippen LogP contribution in [0, 0.1) is 0 Å². The molecular weight excluding hydrogens is 410 g/mol. The standard InChI is InChI=1S/C9H10Br3NO3/c1-4(2)5(6(14)16-3)13-7(10)9(11,12)8(13)15/h7H,1-3H3. The summed E-state index contributed by atoms with van der Waals surface area (Å²) in [6.07, 6.45) is 0. The summed E-state index contributed by atoms with van der Waals surface area (Å²) in [6.45, 7) is 3.50. The van der Waals surface area contributed by atoms with Gasteiger partial charge in [0.05, 0.1) is 7.11 Å². The molecule has 1 unspecified atom stereocenters. The van der Waals surface area contributed by atoms with Gasteiger partial charge in [0.15, 0.2) is 3.23 Å². The van der Waals surface area contributed by atoms with E-state index in [2.05, 4.69) is 52.5 Å². The van der Waals surface area contributed by atoms with E-state index >= 15 is 0 Å². The minimum atomic E-state index is -0.852. The molecular formula is C9H10Br3NO3. The van der Waals surface area contributed by atoms with E-state index in [0.717, 1.165) is 5.57 Å². The molecule has 0 radical (unpaired) electrons. The fourth-order valence-electron chi connectivity index (χ4n) is 1.32. The highest BCUT2D eigenvalue weighted by Gasteiger charge is 2.59. The molecule has 16 heavy (non-hydrogen) atoms. The normalized spacial score (nSPS) is 22.5. The Hall–Kier alpha value is 0.120. The summed E-state index contributed by atoms with van der Waals surface area (Å²) in [7, 11) is 1.29. The first-order chi connectivity index (χ1) is 7.25. The number of carbonyl (C=O) groups is 2. The molecule has 0 N–H and O–H groups in total. The summed E-state index contributed by atoms with van der Waals surface area (Å²) in [5.41, 5.74) is 0.990. The number of allylic oxidation sites excluding steroid dienone is 1. The maximum absolute atomic E-state index is 11.8. The summed E-state index contributed by atoms with van der Waals surface area (Å²) < 4.78 is 3.80. The van der Waals surface area contributed by atoms with Gasteiger partial charge in [-0.25, -0.2) is 4.79 Å². The number of hydrogen-bond donors (Lipinski definition) is 0. The lowest BCUT2D eigenvalue weighted by atomic mass is 10.1. The molecule has 1 heterocycles. The van der Waals surface area contributed by atoms with Crippen LogP contribution in [0.4, 0.5) is 0 Å². The van der Waals surface area contributed by atoms with Crippen molar-refractivity contribution in [2.75, 3.05) is 7.11 Å². The second kappa shape index (κ2) is 4.78. The van der Waals surface area contributed by atoms with Gasteiger partial charge in [-0.1, -0.05) is 47.8 Å². The average molecular weight is 420 g/mol. The maximum atomic E-state index is 11.8. The molecule has 90 valence electrons. The number of halogens is 3. The predicted octanol–water partition coefficient (Wildman–Crippen LogP) is 2.50. The molecule has 0 aromatic heterocycles. The first-order valence-corrected chi connectivity index (χ1v) is 6.86. The highest BCUT2D eigenvalue weighted by Crippen LogP contribution is 2.49. The average Bonchev–Trinajstić information content (AvgIpc) is 2.22. The van der Waals surface area contributed by atoms with Gasteiger partial charge in [-0.05, 0) is 19.4 Å². The van der Waals surface area contributed by atoms with Gasteiger partial charge in [0.25, 0.3) is 5.91 Å². The summed E-state index contributed by atoms with van der Waals surface area (Å²) in [6, 6.07) is 0.